The average Bonchev–Trinajstić information content (AvgIpc) is 2.80. The Morgan fingerprint density at radius 2 is 2.27 bits per heavy atom. The van der Waals surface area contributed by atoms with Crippen LogP contribution in [-0.2, 0) is 9.53 Å². The van der Waals surface area contributed by atoms with E-state index in [1.807, 2.05) is 27.8 Å². The van der Waals surface area contributed by atoms with Gasteiger partial charge in [0.2, 0.25) is 5.91 Å². The van der Waals surface area contributed by atoms with Gasteiger partial charge in [-0.1, -0.05) is 0 Å². The van der Waals surface area contributed by atoms with Crippen LogP contribution >= 0.6 is 11.3 Å². The molecule has 1 aromatic rings. The predicted molar refractivity (Wildman–Crippen MR) is 60.8 cm³/mol. The third-order valence-electron chi connectivity index (χ3n) is 2.28. The molecule has 0 aromatic carbocycles. The zero-order valence-corrected chi connectivity index (χ0v) is 9.20. The summed E-state index contributed by atoms with van der Waals surface area (Å²) in [5, 5.41) is 4.02. The van der Waals surface area contributed by atoms with Gasteiger partial charge in [-0.3, -0.25) is 4.79 Å². The number of hydrogen-bond donors (Lipinski definition) is 0. The Kier molecular flexibility index (Phi) is 3.53. The first-order valence-corrected chi connectivity index (χ1v) is 5.87. The van der Waals surface area contributed by atoms with Crippen molar-refractivity contribution >= 4 is 23.3 Å². The van der Waals surface area contributed by atoms with E-state index in [0.717, 1.165) is 5.56 Å². The Balaban J connectivity index is 1.91. The maximum absolute atomic E-state index is 11.7. The molecule has 0 spiro atoms. The molecule has 1 aliphatic heterocycles. The summed E-state index contributed by atoms with van der Waals surface area (Å²) >= 11 is 1.63. The highest BCUT2D eigenvalue weighted by molar-refractivity contribution is 7.08. The summed E-state index contributed by atoms with van der Waals surface area (Å²) in [5.41, 5.74) is 1.08. The van der Waals surface area contributed by atoms with Crippen LogP contribution in [0.2, 0.25) is 0 Å². The standard InChI is InChI=1S/C11H13NO2S/c13-11(12-4-6-14-7-5-12)2-1-10-3-8-15-9-10/h1-3,8-9H,4-7H2. The highest BCUT2D eigenvalue weighted by Gasteiger charge is 2.13. The molecular formula is C11H13NO2S. The van der Waals surface area contributed by atoms with Crippen LogP contribution in [0.1, 0.15) is 5.56 Å². The number of thiophene rings is 1. The zero-order valence-electron chi connectivity index (χ0n) is 8.39. The van der Waals surface area contributed by atoms with Gasteiger partial charge in [-0.25, -0.2) is 0 Å². The van der Waals surface area contributed by atoms with Crippen LogP contribution in [0.25, 0.3) is 6.08 Å². The molecule has 1 saturated heterocycles. The minimum Gasteiger partial charge on any atom is -0.378 e. The molecule has 80 valence electrons. The molecule has 3 nitrogen and oxygen atoms in total. The summed E-state index contributed by atoms with van der Waals surface area (Å²) in [7, 11) is 0. The number of carbonyl (C=O) groups is 1. The minimum absolute atomic E-state index is 0.0736. The Bertz CT molecular complexity index is 339. The summed E-state index contributed by atoms with van der Waals surface area (Å²) in [4.78, 5) is 13.5. The van der Waals surface area contributed by atoms with Gasteiger partial charge < -0.3 is 9.64 Å². The molecule has 1 aromatic heterocycles. The summed E-state index contributed by atoms with van der Waals surface area (Å²) < 4.78 is 5.18. The Labute approximate surface area is 93.0 Å². The minimum atomic E-state index is 0.0736. The molecule has 1 aliphatic rings. The molecule has 1 fully saturated rings. The van der Waals surface area contributed by atoms with E-state index in [1.165, 1.54) is 0 Å². The van der Waals surface area contributed by atoms with Gasteiger partial charge in [0, 0.05) is 19.2 Å². The van der Waals surface area contributed by atoms with E-state index >= 15 is 0 Å². The maximum atomic E-state index is 11.7. The number of carbonyl (C=O) groups excluding carboxylic acids is 1. The van der Waals surface area contributed by atoms with E-state index in [9.17, 15) is 4.79 Å². The Hall–Kier alpha value is -1.13. The fourth-order valence-corrected chi connectivity index (χ4v) is 2.06. The normalized spacial score (nSPS) is 17.2. The van der Waals surface area contributed by atoms with Crippen LogP contribution in [0.5, 0.6) is 0 Å². The van der Waals surface area contributed by atoms with Gasteiger partial charge in [0.25, 0.3) is 0 Å². The van der Waals surface area contributed by atoms with Gasteiger partial charge in [0.05, 0.1) is 13.2 Å². The lowest BCUT2D eigenvalue weighted by Gasteiger charge is -2.25. The molecule has 0 radical (unpaired) electrons. The van der Waals surface area contributed by atoms with Crippen molar-refractivity contribution in [3.05, 3.63) is 28.5 Å². The second-order valence-corrected chi connectivity index (χ2v) is 4.11. The number of hydrogen-bond acceptors (Lipinski definition) is 3. The van der Waals surface area contributed by atoms with Crippen molar-refractivity contribution in [2.45, 2.75) is 0 Å². The van der Waals surface area contributed by atoms with Crippen molar-refractivity contribution < 1.29 is 9.53 Å². The molecular weight excluding hydrogens is 210 g/mol. The van der Waals surface area contributed by atoms with E-state index < -0.39 is 0 Å². The number of rotatable bonds is 2. The smallest absolute Gasteiger partial charge is 0.246 e. The Morgan fingerprint density at radius 1 is 1.47 bits per heavy atom. The lowest BCUT2D eigenvalue weighted by molar-refractivity contribution is -0.129. The quantitative estimate of drug-likeness (QED) is 0.713. The van der Waals surface area contributed by atoms with Gasteiger partial charge in [-0.05, 0) is 28.5 Å². The van der Waals surface area contributed by atoms with E-state index in [-0.39, 0.29) is 5.91 Å². The first kappa shape index (κ1) is 10.4. The fourth-order valence-electron chi connectivity index (χ4n) is 1.43. The van der Waals surface area contributed by atoms with Gasteiger partial charge in [0.15, 0.2) is 0 Å². The summed E-state index contributed by atoms with van der Waals surface area (Å²) in [5.74, 6) is 0.0736. The molecule has 4 heteroatoms. The topological polar surface area (TPSA) is 29.5 Å². The third-order valence-corrected chi connectivity index (χ3v) is 2.99. The lowest BCUT2D eigenvalue weighted by atomic mass is 10.3. The highest BCUT2D eigenvalue weighted by atomic mass is 32.1. The van der Waals surface area contributed by atoms with E-state index in [1.54, 1.807) is 17.4 Å². The predicted octanol–water partition coefficient (Wildman–Crippen LogP) is 1.62. The largest absolute Gasteiger partial charge is 0.378 e. The molecule has 2 rings (SSSR count). The number of amides is 1. The molecule has 0 unspecified atom stereocenters. The molecule has 1 amide bonds. The molecule has 0 bridgehead atoms. The van der Waals surface area contributed by atoms with Crippen LogP contribution in [0.3, 0.4) is 0 Å². The SMILES string of the molecule is O=C(C=Cc1ccsc1)N1CCOCC1. The summed E-state index contributed by atoms with van der Waals surface area (Å²) in [6.07, 6.45) is 3.49. The molecule has 0 aliphatic carbocycles. The van der Waals surface area contributed by atoms with Crippen molar-refractivity contribution in [3.8, 4) is 0 Å². The second kappa shape index (κ2) is 5.09. The fraction of sp³-hybridized carbons (Fsp3) is 0.364. The van der Waals surface area contributed by atoms with Crippen LogP contribution in [0, 0.1) is 0 Å². The maximum Gasteiger partial charge on any atom is 0.246 e. The van der Waals surface area contributed by atoms with Crippen LogP contribution in [0.4, 0.5) is 0 Å². The van der Waals surface area contributed by atoms with Crippen LogP contribution in [-0.4, -0.2) is 37.1 Å². The molecule has 0 N–H and O–H groups in total. The first-order valence-electron chi connectivity index (χ1n) is 4.93. The third kappa shape index (κ3) is 2.91. The number of nitrogens with zero attached hydrogens (tertiary/aromatic N) is 1. The van der Waals surface area contributed by atoms with Gasteiger partial charge >= 0.3 is 0 Å². The van der Waals surface area contributed by atoms with Gasteiger partial charge in [0.1, 0.15) is 0 Å². The van der Waals surface area contributed by atoms with Gasteiger partial charge in [-0.2, -0.15) is 11.3 Å². The zero-order chi connectivity index (χ0) is 10.5. The van der Waals surface area contributed by atoms with Crippen molar-refractivity contribution in [2.24, 2.45) is 0 Å². The first-order chi connectivity index (χ1) is 7.36. The second-order valence-electron chi connectivity index (χ2n) is 3.33. The Morgan fingerprint density at radius 3 is 2.93 bits per heavy atom. The monoisotopic (exact) mass is 223 g/mol. The van der Waals surface area contributed by atoms with E-state index in [2.05, 4.69) is 0 Å². The highest BCUT2D eigenvalue weighted by Crippen LogP contribution is 2.08. The summed E-state index contributed by atoms with van der Waals surface area (Å²) in [6, 6.07) is 1.99. The van der Waals surface area contributed by atoms with Gasteiger partial charge in [-0.15, -0.1) is 0 Å². The van der Waals surface area contributed by atoms with Crippen molar-refractivity contribution in [2.75, 3.05) is 26.3 Å². The average molecular weight is 223 g/mol. The number of morpholine rings is 1. The summed E-state index contributed by atoms with van der Waals surface area (Å²) in [6.45, 7) is 2.70. The van der Waals surface area contributed by atoms with E-state index in [4.69, 9.17) is 4.74 Å². The van der Waals surface area contributed by atoms with Crippen LogP contribution in [0.15, 0.2) is 22.9 Å². The van der Waals surface area contributed by atoms with Crippen LogP contribution < -0.4 is 0 Å². The number of ether oxygens (including phenoxy) is 1. The van der Waals surface area contributed by atoms with E-state index in [0.29, 0.717) is 26.3 Å². The lowest BCUT2D eigenvalue weighted by Crippen LogP contribution is -2.39. The van der Waals surface area contributed by atoms with Crippen molar-refractivity contribution in [1.29, 1.82) is 0 Å². The molecule has 2 heterocycles. The van der Waals surface area contributed by atoms with Crippen molar-refractivity contribution in [3.63, 3.8) is 0 Å². The molecule has 0 saturated carbocycles. The molecule has 0 atom stereocenters. The molecule has 15 heavy (non-hydrogen) atoms. The van der Waals surface area contributed by atoms with Crippen molar-refractivity contribution in [1.82, 2.24) is 4.90 Å².